The largest absolute Gasteiger partial charge is 0.497 e. The molecule has 1 aromatic heterocycles. The van der Waals surface area contributed by atoms with Crippen LogP contribution in [0.4, 0.5) is 0 Å². The third-order valence-electron chi connectivity index (χ3n) is 4.77. The summed E-state index contributed by atoms with van der Waals surface area (Å²) in [6.45, 7) is 1.84. The van der Waals surface area contributed by atoms with E-state index in [2.05, 4.69) is 36.7 Å². The monoisotopic (exact) mass is 462 g/mol. The fraction of sp³-hybridized carbons (Fsp3) is 0.0870. The van der Waals surface area contributed by atoms with Gasteiger partial charge in [0.25, 0.3) is 5.91 Å². The molecule has 2 N–H and O–H groups in total. The number of fused-ring (bicyclic) bond motifs is 1. The Labute approximate surface area is 182 Å². The number of carbonyl (C=O) groups excluding carboxylic acids is 1. The summed E-state index contributed by atoms with van der Waals surface area (Å²) in [6, 6.07) is 21.3. The highest BCUT2D eigenvalue weighted by Crippen LogP contribution is 2.30. The van der Waals surface area contributed by atoms with E-state index in [1.54, 1.807) is 13.2 Å². The molecule has 6 nitrogen and oxygen atoms in total. The second kappa shape index (κ2) is 8.51. The number of aromatic nitrogens is 2. The molecule has 1 heterocycles. The number of hydrogen-bond acceptors (Lipinski definition) is 4. The second-order valence-electron chi connectivity index (χ2n) is 6.70. The number of carbonyl (C=O) groups is 1. The maximum absolute atomic E-state index is 12.5. The van der Waals surface area contributed by atoms with Crippen molar-refractivity contribution in [3.8, 4) is 17.0 Å². The summed E-state index contributed by atoms with van der Waals surface area (Å²) in [5, 5.41) is 13.4. The zero-order valence-corrected chi connectivity index (χ0v) is 18.0. The van der Waals surface area contributed by atoms with Gasteiger partial charge < -0.3 is 4.74 Å². The Hall–Kier alpha value is -3.45. The van der Waals surface area contributed by atoms with E-state index >= 15 is 0 Å². The van der Waals surface area contributed by atoms with Gasteiger partial charge in [-0.1, -0.05) is 52.3 Å². The number of methoxy groups -OCH3 is 1. The molecular formula is C23H19BrN4O2. The number of nitrogens with zero attached hydrogens (tertiary/aromatic N) is 2. The second-order valence-corrected chi connectivity index (χ2v) is 7.62. The lowest BCUT2D eigenvalue weighted by atomic mass is 10.0. The standard InChI is InChI=1S/C23H19BrN4O2/c1-14(15-6-9-17(24)10-7-15)25-28-23(29)22-13-21(26-27-22)19-5-3-4-16-8-11-18(30-2)12-20(16)19/h3-13H,1-2H3,(H,26,27)(H,28,29)/b25-14+. The summed E-state index contributed by atoms with van der Waals surface area (Å²) < 4.78 is 6.33. The molecule has 0 radical (unpaired) electrons. The molecule has 4 aromatic rings. The number of halogens is 1. The third-order valence-corrected chi connectivity index (χ3v) is 5.30. The Morgan fingerprint density at radius 3 is 2.67 bits per heavy atom. The highest BCUT2D eigenvalue weighted by molar-refractivity contribution is 9.10. The number of hydrogen-bond donors (Lipinski definition) is 2. The van der Waals surface area contributed by atoms with E-state index in [9.17, 15) is 4.79 Å². The van der Waals surface area contributed by atoms with Crippen LogP contribution in [0.15, 0.2) is 76.3 Å². The molecule has 30 heavy (non-hydrogen) atoms. The van der Waals surface area contributed by atoms with Gasteiger partial charge in [0.1, 0.15) is 11.4 Å². The number of benzene rings is 3. The molecule has 0 bridgehead atoms. The average Bonchev–Trinajstić information content (AvgIpc) is 3.27. The summed E-state index contributed by atoms with van der Waals surface area (Å²) in [6.07, 6.45) is 0. The molecule has 4 rings (SSSR count). The summed E-state index contributed by atoms with van der Waals surface area (Å²) in [4.78, 5) is 12.5. The van der Waals surface area contributed by atoms with Crippen molar-refractivity contribution in [3.63, 3.8) is 0 Å². The van der Waals surface area contributed by atoms with Gasteiger partial charge in [0.05, 0.1) is 18.5 Å². The van der Waals surface area contributed by atoms with Crippen molar-refractivity contribution >= 4 is 38.3 Å². The Balaban J connectivity index is 1.57. The molecule has 0 saturated heterocycles. The smallest absolute Gasteiger partial charge is 0.289 e. The van der Waals surface area contributed by atoms with E-state index in [0.29, 0.717) is 17.1 Å². The summed E-state index contributed by atoms with van der Waals surface area (Å²) >= 11 is 3.40. The molecule has 1 amide bonds. The Morgan fingerprint density at radius 2 is 1.90 bits per heavy atom. The maximum atomic E-state index is 12.5. The zero-order chi connectivity index (χ0) is 21.1. The number of amides is 1. The van der Waals surface area contributed by atoms with Gasteiger partial charge >= 0.3 is 0 Å². The molecule has 0 fully saturated rings. The van der Waals surface area contributed by atoms with E-state index in [0.717, 1.165) is 32.1 Å². The van der Waals surface area contributed by atoms with E-state index in [4.69, 9.17) is 4.74 Å². The lowest BCUT2D eigenvalue weighted by Gasteiger charge is -2.06. The normalized spacial score (nSPS) is 11.5. The molecule has 7 heteroatoms. The van der Waals surface area contributed by atoms with Crippen molar-refractivity contribution in [3.05, 3.63) is 82.5 Å². The molecular weight excluding hydrogens is 444 g/mol. The summed E-state index contributed by atoms with van der Waals surface area (Å²) in [5.74, 6) is 0.407. The van der Waals surface area contributed by atoms with E-state index in [1.807, 2.05) is 67.6 Å². The van der Waals surface area contributed by atoms with Crippen LogP contribution in [0.5, 0.6) is 5.75 Å². The number of aromatic amines is 1. The number of nitrogens with one attached hydrogen (secondary N) is 2. The highest BCUT2D eigenvalue weighted by Gasteiger charge is 2.13. The van der Waals surface area contributed by atoms with Gasteiger partial charge in [0.15, 0.2) is 0 Å². The zero-order valence-electron chi connectivity index (χ0n) is 16.4. The predicted octanol–water partition coefficient (Wildman–Crippen LogP) is 5.16. The SMILES string of the molecule is COc1ccc2cccc(-c3cc(C(=O)N/N=C(\C)c4ccc(Br)cc4)[nH]n3)c2c1. The lowest BCUT2D eigenvalue weighted by molar-refractivity contribution is 0.0950. The quantitative estimate of drug-likeness (QED) is 0.317. The molecule has 0 atom stereocenters. The molecule has 0 spiro atoms. The first-order valence-corrected chi connectivity index (χ1v) is 10.1. The molecule has 3 aromatic carbocycles. The van der Waals surface area contributed by atoms with Gasteiger partial charge in [-0.15, -0.1) is 0 Å². The van der Waals surface area contributed by atoms with Crippen LogP contribution in [0.1, 0.15) is 23.0 Å². The summed E-state index contributed by atoms with van der Waals surface area (Å²) in [7, 11) is 1.64. The van der Waals surface area contributed by atoms with Gasteiger partial charge in [-0.25, -0.2) is 5.43 Å². The van der Waals surface area contributed by atoms with Crippen molar-refractivity contribution in [2.45, 2.75) is 6.92 Å². The van der Waals surface area contributed by atoms with Crippen molar-refractivity contribution in [1.82, 2.24) is 15.6 Å². The lowest BCUT2D eigenvalue weighted by Crippen LogP contribution is -2.19. The van der Waals surface area contributed by atoms with Gasteiger partial charge in [-0.3, -0.25) is 9.89 Å². The van der Waals surface area contributed by atoms with E-state index < -0.39 is 0 Å². The van der Waals surface area contributed by atoms with Crippen molar-refractivity contribution < 1.29 is 9.53 Å². The number of ether oxygens (including phenoxy) is 1. The van der Waals surface area contributed by atoms with Crippen LogP contribution in [0.2, 0.25) is 0 Å². The first-order chi connectivity index (χ1) is 14.5. The molecule has 0 aliphatic rings. The topological polar surface area (TPSA) is 79.4 Å². The first-order valence-electron chi connectivity index (χ1n) is 9.28. The van der Waals surface area contributed by atoms with Crippen molar-refractivity contribution in [2.75, 3.05) is 7.11 Å². The first kappa shape index (κ1) is 19.8. The van der Waals surface area contributed by atoms with E-state index in [-0.39, 0.29) is 5.91 Å². The Kier molecular flexibility index (Phi) is 5.63. The fourth-order valence-corrected chi connectivity index (χ4v) is 3.39. The van der Waals surface area contributed by atoms with Gasteiger partial charge in [-0.2, -0.15) is 10.2 Å². The van der Waals surface area contributed by atoms with Crippen molar-refractivity contribution in [1.29, 1.82) is 0 Å². The maximum Gasteiger partial charge on any atom is 0.289 e. The Bertz CT molecular complexity index is 1250. The summed E-state index contributed by atoms with van der Waals surface area (Å²) in [5.41, 5.74) is 6.13. The average molecular weight is 463 g/mol. The Morgan fingerprint density at radius 1 is 1.10 bits per heavy atom. The predicted molar refractivity (Wildman–Crippen MR) is 122 cm³/mol. The number of hydrazone groups is 1. The molecule has 150 valence electrons. The van der Waals surface area contributed by atoms with Crippen LogP contribution in [-0.2, 0) is 0 Å². The van der Waals surface area contributed by atoms with Crippen molar-refractivity contribution in [2.24, 2.45) is 5.10 Å². The number of rotatable bonds is 5. The minimum atomic E-state index is -0.358. The van der Waals surface area contributed by atoms with Crippen LogP contribution in [0, 0.1) is 0 Å². The third kappa shape index (κ3) is 4.11. The molecule has 0 unspecified atom stereocenters. The van der Waals surface area contributed by atoms with Gasteiger partial charge in [-0.05, 0) is 53.6 Å². The van der Waals surface area contributed by atoms with Crippen LogP contribution in [0.25, 0.3) is 22.0 Å². The van der Waals surface area contributed by atoms with Gasteiger partial charge in [0.2, 0.25) is 0 Å². The number of H-pyrrole nitrogens is 1. The molecule has 0 aliphatic carbocycles. The van der Waals surface area contributed by atoms with Crippen LogP contribution >= 0.6 is 15.9 Å². The van der Waals surface area contributed by atoms with Crippen LogP contribution in [-0.4, -0.2) is 28.9 Å². The molecule has 0 aliphatic heterocycles. The fourth-order valence-electron chi connectivity index (χ4n) is 3.13. The molecule has 0 saturated carbocycles. The van der Waals surface area contributed by atoms with Crippen LogP contribution < -0.4 is 10.2 Å². The van der Waals surface area contributed by atoms with Crippen LogP contribution in [0.3, 0.4) is 0 Å². The minimum absolute atomic E-state index is 0.331. The van der Waals surface area contributed by atoms with Gasteiger partial charge in [0, 0.05) is 10.0 Å². The minimum Gasteiger partial charge on any atom is -0.497 e. The highest BCUT2D eigenvalue weighted by atomic mass is 79.9. The van der Waals surface area contributed by atoms with E-state index in [1.165, 1.54) is 0 Å².